The monoisotopic (exact) mass is 285 g/mol. The zero-order valence-electron chi connectivity index (χ0n) is 11.4. The Morgan fingerprint density at radius 1 is 0.952 bits per heavy atom. The van der Waals surface area contributed by atoms with E-state index in [1.165, 1.54) is 24.3 Å². The van der Waals surface area contributed by atoms with Crippen LogP contribution in [0.3, 0.4) is 0 Å². The van der Waals surface area contributed by atoms with E-state index >= 15 is 0 Å². The van der Waals surface area contributed by atoms with Crippen LogP contribution in [0.1, 0.15) is 6.92 Å². The number of rotatable bonds is 3. The summed E-state index contributed by atoms with van der Waals surface area (Å²) in [4.78, 5) is 8.84. The van der Waals surface area contributed by atoms with Crippen LogP contribution in [0, 0.1) is 11.6 Å². The minimum absolute atomic E-state index is 0.312. The summed E-state index contributed by atoms with van der Waals surface area (Å²) >= 11 is 0. The van der Waals surface area contributed by atoms with E-state index in [1.807, 2.05) is 6.92 Å². The van der Waals surface area contributed by atoms with Crippen molar-refractivity contribution in [2.24, 2.45) is 0 Å². The van der Waals surface area contributed by atoms with Gasteiger partial charge in [-0.3, -0.25) is 0 Å². The zero-order valence-corrected chi connectivity index (χ0v) is 11.4. The summed E-state index contributed by atoms with van der Waals surface area (Å²) < 4.78 is 26.4. The molecule has 106 valence electrons. The lowest BCUT2D eigenvalue weighted by Gasteiger charge is -2.09. The molecule has 0 unspecified atom stereocenters. The third-order valence-electron chi connectivity index (χ3n) is 3.10. The second-order valence-corrected chi connectivity index (χ2v) is 4.59. The molecular formula is C16H13F2N3. The Morgan fingerprint density at radius 3 is 2.38 bits per heavy atom. The Bertz CT molecular complexity index is 785. The fraction of sp³-hybridized carbons (Fsp3) is 0.125. The number of halogens is 2. The van der Waals surface area contributed by atoms with Crippen molar-refractivity contribution in [2.45, 2.75) is 6.92 Å². The second kappa shape index (κ2) is 5.44. The molecule has 0 saturated carbocycles. The van der Waals surface area contributed by atoms with Gasteiger partial charge >= 0.3 is 0 Å². The summed E-state index contributed by atoms with van der Waals surface area (Å²) in [7, 11) is 0. The fourth-order valence-corrected chi connectivity index (χ4v) is 2.13. The van der Waals surface area contributed by atoms with E-state index in [2.05, 4.69) is 15.3 Å². The minimum Gasteiger partial charge on any atom is -0.370 e. The van der Waals surface area contributed by atoms with Crippen LogP contribution in [0.25, 0.3) is 22.3 Å². The molecule has 0 bridgehead atoms. The lowest BCUT2D eigenvalue weighted by atomic mass is 10.1. The van der Waals surface area contributed by atoms with Gasteiger partial charge in [0.05, 0.1) is 5.52 Å². The van der Waals surface area contributed by atoms with Crippen molar-refractivity contribution in [3.8, 4) is 11.4 Å². The molecule has 0 aliphatic rings. The Labute approximate surface area is 120 Å². The molecule has 21 heavy (non-hydrogen) atoms. The molecule has 1 heterocycles. The van der Waals surface area contributed by atoms with Gasteiger partial charge < -0.3 is 5.32 Å². The van der Waals surface area contributed by atoms with E-state index in [1.54, 1.807) is 18.2 Å². The van der Waals surface area contributed by atoms with Gasteiger partial charge in [-0.25, -0.2) is 18.7 Å². The SMILES string of the molecule is CCNc1nc(-c2ccc(F)cc2)nc2ccc(F)cc12. The first-order valence-electron chi connectivity index (χ1n) is 6.64. The molecular weight excluding hydrogens is 272 g/mol. The van der Waals surface area contributed by atoms with E-state index in [4.69, 9.17) is 0 Å². The van der Waals surface area contributed by atoms with E-state index in [0.717, 1.165) is 0 Å². The average Bonchev–Trinajstić information content (AvgIpc) is 2.48. The number of nitrogens with one attached hydrogen (secondary N) is 1. The largest absolute Gasteiger partial charge is 0.370 e. The normalized spacial score (nSPS) is 10.8. The van der Waals surface area contributed by atoms with Gasteiger partial charge in [0.2, 0.25) is 0 Å². The highest BCUT2D eigenvalue weighted by Gasteiger charge is 2.10. The van der Waals surface area contributed by atoms with Crippen LogP contribution in [0.5, 0.6) is 0 Å². The second-order valence-electron chi connectivity index (χ2n) is 4.59. The molecule has 0 atom stereocenters. The van der Waals surface area contributed by atoms with Crippen molar-refractivity contribution in [1.82, 2.24) is 9.97 Å². The summed E-state index contributed by atoms with van der Waals surface area (Å²) in [6, 6.07) is 10.3. The molecule has 0 aliphatic heterocycles. The van der Waals surface area contributed by atoms with Gasteiger partial charge in [-0.2, -0.15) is 0 Å². The molecule has 1 aromatic heterocycles. The highest BCUT2D eigenvalue weighted by atomic mass is 19.1. The standard InChI is InChI=1S/C16H13F2N3/c1-2-19-16-13-9-12(18)7-8-14(13)20-15(21-16)10-3-5-11(17)6-4-10/h3-9H,2H2,1H3,(H,19,20,21). The number of aromatic nitrogens is 2. The predicted octanol–water partition coefficient (Wildman–Crippen LogP) is 4.01. The van der Waals surface area contributed by atoms with Crippen molar-refractivity contribution in [1.29, 1.82) is 0 Å². The molecule has 3 aromatic rings. The molecule has 3 rings (SSSR count). The van der Waals surface area contributed by atoms with E-state index in [0.29, 0.717) is 34.7 Å². The van der Waals surface area contributed by atoms with E-state index in [9.17, 15) is 8.78 Å². The van der Waals surface area contributed by atoms with Crippen molar-refractivity contribution in [3.05, 3.63) is 54.1 Å². The molecule has 2 aromatic carbocycles. The number of anilines is 1. The van der Waals surface area contributed by atoms with Crippen LogP contribution >= 0.6 is 0 Å². The van der Waals surface area contributed by atoms with Gasteiger partial charge in [0.25, 0.3) is 0 Å². The molecule has 5 heteroatoms. The summed E-state index contributed by atoms with van der Waals surface area (Å²) in [5, 5.41) is 3.73. The zero-order chi connectivity index (χ0) is 14.8. The molecule has 0 radical (unpaired) electrons. The number of hydrogen-bond acceptors (Lipinski definition) is 3. The summed E-state index contributed by atoms with van der Waals surface area (Å²) in [6.07, 6.45) is 0. The van der Waals surface area contributed by atoms with Crippen LogP contribution in [0.15, 0.2) is 42.5 Å². The molecule has 0 amide bonds. The van der Waals surface area contributed by atoms with Crippen LogP contribution in [-0.4, -0.2) is 16.5 Å². The highest BCUT2D eigenvalue weighted by Crippen LogP contribution is 2.25. The molecule has 0 fully saturated rings. The predicted molar refractivity (Wildman–Crippen MR) is 79.1 cm³/mol. The third-order valence-corrected chi connectivity index (χ3v) is 3.10. The highest BCUT2D eigenvalue weighted by molar-refractivity contribution is 5.90. The maximum atomic E-state index is 13.4. The van der Waals surface area contributed by atoms with E-state index in [-0.39, 0.29) is 11.6 Å². The quantitative estimate of drug-likeness (QED) is 0.790. The smallest absolute Gasteiger partial charge is 0.162 e. The lowest BCUT2D eigenvalue weighted by molar-refractivity contribution is 0.628. The number of fused-ring (bicyclic) bond motifs is 1. The summed E-state index contributed by atoms with van der Waals surface area (Å²) in [5.41, 5.74) is 1.35. The maximum absolute atomic E-state index is 13.4. The van der Waals surface area contributed by atoms with Crippen molar-refractivity contribution >= 4 is 16.7 Å². The average molecular weight is 285 g/mol. The van der Waals surface area contributed by atoms with Gasteiger partial charge in [0, 0.05) is 17.5 Å². The number of hydrogen-bond donors (Lipinski definition) is 1. The Morgan fingerprint density at radius 2 is 1.67 bits per heavy atom. The minimum atomic E-state index is -0.334. The summed E-state index contributed by atoms with van der Waals surface area (Å²) in [6.45, 7) is 2.59. The summed E-state index contributed by atoms with van der Waals surface area (Å²) in [5.74, 6) is 0.402. The first kappa shape index (κ1) is 13.4. The van der Waals surface area contributed by atoms with Gasteiger partial charge in [-0.1, -0.05) is 0 Å². The van der Waals surface area contributed by atoms with Gasteiger partial charge in [0.15, 0.2) is 5.82 Å². The van der Waals surface area contributed by atoms with Crippen LogP contribution in [0.2, 0.25) is 0 Å². The maximum Gasteiger partial charge on any atom is 0.162 e. The van der Waals surface area contributed by atoms with Crippen LogP contribution in [-0.2, 0) is 0 Å². The van der Waals surface area contributed by atoms with Gasteiger partial charge in [0.1, 0.15) is 17.5 Å². The Balaban J connectivity index is 2.20. The Kier molecular flexibility index (Phi) is 3.48. The van der Waals surface area contributed by atoms with Crippen molar-refractivity contribution < 1.29 is 8.78 Å². The molecule has 1 N–H and O–H groups in total. The Hall–Kier alpha value is -2.56. The van der Waals surface area contributed by atoms with Crippen LogP contribution < -0.4 is 5.32 Å². The molecule has 0 saturated heterocycles. The van der Waals surface area contributed by atoms with Crippen molar-refractivity contribution in [3.63, 3.8) is 0 Å². The molecule has 0 aliphatic carbocycles. The number of nitrogens with zero attached hydrogens (tertiary/aromatic N) is 2. The lowest BCUT2D eigenvalue weighted by Crippen LogP contribution is -2.03. The van der Waals surface area contributed by atoms with Gasteiger partial charge in [-0.15, -0.1) is 0 Å². The first-order chi connectivity index (χ1) is 10.2. The number of benzene rings is 2. The molecule has 0 spiro atoms. The van der Waals surface area contributed by atoms with Crippen molar-refractivity contribution in [2.75, 3.05) is 11.9 Å². The third kappa shape index (κ3) is 2.67. The first-order valence-corrected chi connectivity index (χ1v) is 6.64. The van der Waals surface area contributed by atoms with E-state index < -0.39 is 0 Å². The molecule has 3 nitrogen and oxygen atoms in total. The topological polar surface area (TPSA) is 37.8 Å². The van der Waals surface area contributed by atoms with Crippen LogP contribution in [0.4, 0.5) is 14.6 Å². The van der Waals surface area contributed by atoms with Gasteiger partial charge in [-0.05, 0) is 49.4 Å². The fourth-order valence-electron chi connectivity index (χ4n) is 2.13.